The number of aliphatic hydroxyl groups is 3. The van der Waals surface area contributed by atoms with Crippen molar-refractivity contribution in [2.45, 2.75) is 62.8 Å². The van der Waals surface area contributed by atoms with E-state index < -0.39 is 30.7 Å². The van der Waals surface area contributed by atoms with E-state index in [1.165, 1.54) is 24.3 Å². The van der Waals surface area contributed by atoms with Crippen LogP contribution in [0.25, 0.3) is 0 Å². The topological polar surface area (TPSA) is 177 Å². The van der Waals surface area contributed by atoms with Crippen LogP contribution in [0.3, 0.4) is 0 Å². The van der Waals surface area contributed by atoms with E-state index in [1.54, 1.807) is 12.1 Å². The number of benzene rings is 2. The predicted octanol–water partition coefficient (Wildman–Crippen LogP) is 0.858. The maximum Gasteiger partial charge on any atom is 0.186 e. The van der Waals surface area contributed by atoms with E-state index in [9.17, 15) is 40.5 Å². The lowest BCUT2D eigenvalue weighted by Crippen LogP contribution is -2.54. The van der Waals surface area contributed by atoms with Gasteiger partial charge in [0.1, 0.15) is 24.1 Å². The van der Waals surface area contributed by atoms with E-state index in [0.717, 1.165) is 0 Å². The van der Waals surface area contributed by atoms with Crippen molar-refractivity contribution in [1.29, 1.82) is 0 Å². The Morgan fingerprint density at radius 2 is 1.47 bits per heavy atom. The first-order chi connectivity index (χ1) is 16.1. The van der Waals surface area contributed by atoms with Gasteiger partial charge >= 0.3 is 0 Å². The number of carbonyl (C=O) groups excluding carboxylic acids is 1. The molecular formula is C24H30O10. The molecule has 1 aliphatic heterocycles. The standard InChI is InChI=1S/C24H30O10/c25-15(5-1-13-3-7-17(26)19(28)9-13)11-16(6-2-14-4-8-18(27)20(29)10-14)34-24-23(32)22(31)21(30)12-33-24/h3-4,7-10,16,21-24,26-32H,1-2,5-6,11-12H2/t16?,21-,22+,23-,24+/m1/s1. The fourth-order valence-electron chi connectivity index (χ4n) is 3.72. The van der Waals surface area contributed by atoms with Crippen LogP contribution >= 0.6 is 0 Å². The number of aryl methyl sites for hydroxylation is 2. The SMILES string of the molecule is O=C(CCc1ccc(O)c(O)c1)CC(CCc1ccc(O)c(O)c1)O[C@@H]1OC[C@@H](O)[C@H](O)[C@H]1O. The van der Waals surface area contributed by atoms with Crippen molar-refractivity contribution in [2.75, 3.05) is 6.61 Å². The quantitative estimate of drug-likeness (QED) is 0.242. The van der Waals surface area contributed by atoms with Gasteiger partial charge in [-0.25, -0.2) is 0 Å². The molecule has 2 aromatic rings. The van der Waals surface area contributed by atoms with Crippen LogP contribution in [0, 0.1) is 0 Å². The van der Waals surface area contributed by atoms with Crippen LogP contribution in [0.15, 0.2) is 36.4 Å². The molecule has 0 spiro atoms. The Kier molecular flexibility index (Phi) is 8.70. The van der Waals surface area contributed by atoms with Crippen molar-refractivity contribution in [3.8, 4) is 23.0 Å². The largest absolute Gasteiger partial charge is 0.504 e. The number of hydrogen-bond donors (Lipinski definition) is 7. The van der Waals surface area contributed by atoms with Crippen LogP contribution in [0.5, 0.6) is 23.0 Å². The number of phenols is 4. The van der Waals surface area contributed by atoms with Crippen molar-refractivity contribution in [3.63, 3.8) is 0 Å². The minimum Gasteiger partial charge on any atom is -0.504 e. The van der Waals surface area contributed by atoms with Gasteiger partial charge in [-0.1, -0.05) is 12.1 Å². The van der Waals surface area contributed by atoms with Crippen molar-refractivity contribution in [3.05, 3.63) is 47.5 Å². The Bertz CT molecular complexity index is 978. The lowest BCUT2D eigenvalue weighted by molar-refractivity contribution is -0.282. The third-order valence-corrected chi connectivity index (χ3v) is 5.76. The second-order valence-corrected chi connectivity index (χ2v) is 8.44. The smallest absolute Gasteiger partial charge is 0.186 e. The van der Waals surface area contributed by atoms with Crippen LogP contribution in [0.1, 0.15) is 30.4 Å². The molecule has 7 N–H and O–H groups in total. The molecule has 0 saturated carbocycles. The van der Waals surface area contributed by atoms with E-state index in [2.05, 4.69) is 0 Å². The molecule has 0 radical (unpaired) electrons. The van der Waals surface area contributed by atoms with Crippen LogP contribution in [-0.4, -0.2) is 78.8 Å². The molecule has 5 atom stereocenters. The second-order valence-electron chi connectivity index (χ2n) is 8.44. The van der Waals surface area contributed by atoms with Crippen LogP contribution in [0.4, 0.5) is 0 Å². The Morgan fingerprint density at radius 3 is 2.06 bits per heavy atom. The zero-order chi connectivity index (χ0) is 24.8. The van der Waals surface area contributed by atoms with Gasteiger partial charge in [0, 0.05) is 12.8 Å². The summed E-state index contributed by atoms with van der Waals surface area (Å²) in [6.45, 7) is -0.236. The molecule has 2 aromatic carbocycles. The lowest BCUT2D eigenvalue weighted by Gasteiger charge is -2.36. The summed E-state index contributed by atoms with van der Waals surface area (Å²) >= 11 is 0. The average Bonchev–Trinajstić information content (AvgIpc) is 2.80. The first kappa shape index (κ1) is 25.7. The van der Waals surface area contributed by atoms with Gasteiger partial charge < -0.3 is 45.2 Å². The van der Waals surface area contributed by atoms with Crippen LogP contribution < -0.4 is 0 Å². The number of ketones is 1. The summed E-state index contributed by atoms with van der Waals surface area (Å²) in [6, 6.07) is 8.70. The monoisotopic (exact) mass is 478 g/mol. The Balaban J connectivity index is 1.63. The fourth-order valence-corrected chi connectivity index (χ4v) is 3.72. The summed E-state index contributed by atoms with van der Waals surface area (Å²) in [4.78, 5) is 12.7. The molecule has 1 fully saturated rings. The Labute approximate surface area is 196 Å². The van der Waals surface area contributed by atoms with Gasteiger partial charge in [-0.05, 0) is 54.7 Å². The summed E-state index contributed by atoms with van der Waals surface area (Å²) < 4.78 is 11.1. The van der Waals surface area contributed by atoms with Gasteiger partial charge in [-0.15, -0.1) is 0 Å². The highest BCUT2D eigenvalue weighted by molar-refractivity contribution is 5.79. The van der Waals surface area contributed by atoms with Gasteiger partial charge in [0.05, 0.1) is 12.7 Å². The number of carbonyl (C=O) groups is 1. The summed E-state index contributed by atoms with van der Waals surface area (Å²) in [5, 5.41) is 67.9. The number of rotatable bonds is 10. The van der Waals surface area contributed by atoms with Crippen molar-refractivity contribution in [1.82, 2.24) is 0 Å². The zero-order valence-electron chi connectivity index (χ0n) is 18.4. The van der Waals surface area contributed by atoms with Crippen molar-refractivity contribution >= 4 is 5.78 Å². The van der Waals surface area contributed by atoms with E-state index in [1.807, 2.05) is 0 Å². The van der Waals surface area contributed by atoms with Gasteiger partial charge in [0.15, 0.2) is 29.3 Å². The first-order valence-corrected chi connectivity index (χ1v) is 11.0. The molecule has 1 saturated heterocycles. The molecule has 0 bridgehead atoms. The molecule has 0 aromatic heterocycles. The zero-order valence-corrected chi connectivity index (χ0v) is 18.4. The van der Waals surface area contributed by atoms with Crippen molar-refractivity contribution < 1.29 is 50.0 Å². The molecule has 10 nitrogen and oxygen atoms in total. The molecule has 10 heteroatoms. The minimum absolute atomic E-state index is 0.0284. The molecule has 34 heavy (non-hydrogen) atoms. The molecule has 3 rings (SSSR count). The number of phenolic OH excluding ortho intramolecular Hbond substituents is 4. The van der Waals surface area contributed by atoms with E-state index in [-0.39, 0.29) is 48.2 Å². The maximum atomic E-state index is 12.7. The molecule has 1 heterocycles. The fraction of sp³-hybridized carbons (Fsp3) is 0.458. The normalized spacial score (nSPS) is 23.5. The summed E-state index contributed by atoms with van der Waals surface area (Å²) in [5.41, 5.74) is 1.36. The average molecular weight is 478 g/mol. The maximum absolute atomic E-state index is 12.7. The number of aromatic hydroxyl groups is 4. The number of Topliss-reactive ketones (excluding diaryl/α,β-unsaturated/α-hetero) is 1. The third kappa shape index (κ3) is 6.81. The highest BCUT2D eigenvalue weighted by atomic mass is 16.7. The van der Waals surface area contributed by atoms with Gasteiger partial charge in [0.25, 0.3) is 0 Å². The Hall–Kier alpha value is -2.89. The van der Waals surface area contributed by atoms with Gasteiger partial charge in [-0.3, -0.25) is 4.79 Å². The number of ether oxygens (including phenoxy) is 2. The highest BCUT2D eigenvalue weighted by Crippen LogP contribution is 2.28. The van der Waals surface area contributed by atoms with Crippen molar-refractivity contribution in [2.24, 2.45) is 0 Å². The predicted molar refractivity (Wildman–Crippen MR) is 118 cm³/mol. The summed E-state index contributed by atoms with van der Waals surface area (Å²) in [6.07, 6.45) is -5.02. The van der Waals surface area contributed by atoms with E-state index >= 15 is 0 Å². The number of aliphatic hydroxyl groups excluding tert-OH is 3. The molecule has 0 aliphatic carbocycles. The minimum atomic E-state index is -1.50. The van der Waals surface area contributed by atoms with Crippen LogP contribution in [-0.2, 0) is 27.1 Å². The molecular weight excluding hydrogens is 448 g/mol. The van der Waals surface area contributed by atoms with Gasteiger partial charge in [0.2, 0.25) is 0 Å². The lowest BCUT2D eigenvalue weighted by atomic mass is 9.99. The first-order valence-electron chi connectivity index (χ1n) is 11.0. The van der Waals surface area contributed by atoms with E-state index in [4.69, 9.17) is 9.47 Å². The second kappa shape index (κ2) is 11.5. The third-order valence-electron chi connectivity index (χ3n) is 5.76. The van der Waals surface area contributed by atoms with E-state index in [0.29, 0.717) is 30.4 Å². The molecule has 186 valence electrons. The van der Waals surface area contributed by atoms with Gasteiger partial charge in [-0.2, -0.15) is 0 Å². The highest BCUT2D eigenvalue weighted by Gasteiger charge is 2.39. The number of hydrogen-bond acceptors (Lipinski definition) is 10. The molecule has 1 unspecified atom stereocenters. The molecule has 1 aliphatic rings. The molecule has 0 amide bonds. The summed E-state index contributed by atoms with van der Waals surface area (Å²) in [7, 11) is 0. The summed E-state index contributed by atoms with van der Waals surface area (Å²) in [5.74, 6) is -1.20. The van der Waals surface area contributed by atoms with Crippen LogP contribution in [0.2, 0.25) is 0 Å². The Morgan fingerprint density at radius 1 is 0.882 bits per heavy atom.